The fraction of sp³-hybridized carbons (Fsp3) is 1.00. The van der Waals surface area contributed by atoms with Gasteiger partial charge in [0.15, 0.2) is 5.79 Å². The molecule has 82 valence electrons. The van der Waals surface area contributed by atoms with E-state index in [2.05, 4.69) is 0 Å². The zero-order valence-corrected chi connectivity index (χ0v) is 9.08. The Kier molecular flexibility index (Phi) is 2.58. The summed E-state index contributed by atoms with van der Waals surface area (Å²) >= 11 is 0. The molecular formula is C11H20O3. The summed E-state index contributed by atoms with van der Waals surface area (Å²) in [5, 5.41) is 9.05. The van der Waals surface area contributed by atoms with Crippen LogP contribution >= 0.6 is 0 Å². The second kappa shape index (κ2) is 3.47. The van der Waals surface area contributed by atoms with E-state index in [0.29, 0.717) is 12.5 Å². The molecule has 3 nitrogen and oxygen atoms in total. The third-order valence-corrected chi connectivity index (χ3v) is 3.42. The average Bonchev–Trinajstić information content (AvgIpc) is 2.44. The Hall–Kier alpha value is -0.120. The third kappa shape index (κ3) is 1.95. The van der Waals surface area contributed by atoms with Crippen molar-refractivity contribution in [1.29, 1.82) is 0 Å². The summed E-state index contributed by atoms with van der Waals surface area (Å²) in [5.74, 6) is 0.0689. The van der Waals surface area contributed by atoms with Gasteiger partial charge in [0, 0.05) is 6.61 Å². The average molecular weight is 200 g/mol. The van der Waals surface area contributed by atoms with Crippen molar-refractivity contribution in [3.8, 4) is 0 Å². The first-order valence-corrected chi connectivity index (χ1v) is 5.50. The summed E-state index contributed by atoms with van der Waals surface area (Å²) in [7, 11) is 0. The topological polar surface area (TPSA) is 38.7 Å². The largest absolute Gasteiger partial charge is 0.396 e. The van der Waals surface area contributed by atoms with Crippen molar-refractivity contribution in [2.75, 3.05) is 13.2 Å². The van der Waals surface area contributed by atoms with E-state index >= 15 is 0 Å². The first-order chi connectivity index (χ1) is 6.55. The predicted octanol–water partition coefficient (Wildman–Crippen LogP) is 1.69. The lowest BCUT2D eigenvalue weighted by Gasteiger charge is -2.35. The van der Waals surface area contributed by atoms with Gasteiger partial charge < -0.3 is 14.6 Å². The molecule has 1 saturated heterocycles. The maximum absolute atomic E-state index is 9.05. The molecule has 1 aliphatic carbocycles. The molecule has 1 saturated carbocycles. The molecular weight excluding hydrogens is 180 g/mol. The molecule has 1 N–H and O–H groups in total. The van der Waals surface area contributed by atoms with Crippen LogP contribution in [0.3, 0.4) is 0 Å². The Morgan fingerprint density at radius 2 is 1.93 bits per heavy atom. The number of rotatable bonds is 1. The Morgan fingerprint density at radius 1 is 1.29 bits per heavy atom. The van der Waals surface area contributed by atoms with Crippen LogP contribution in [0.4, 0.5) is 0 Å². The van der Waals surface area contributed by atoms with Crippen LogP contribution in [0.15, 0.2) is 0 Å². The monoisotopic (exact) mass is 200 g/mol. The van der Waals surface area contributed by atoms with Crippen LogP contribution < -0.4 is 0 Å². The van der Waals surface area contributed by atoms with Gasteiger partial charge in [0.05, 0.1) is 12.2 Å². The van der Waals surface area contributed by atoms with E-state index in [0.717, 1.165) is 32.3 Å². The maximum atomic E-state index is 9.05. The van der Waals surface area contributed by atoms with Crippen molar-refractivity contribution in [3.63, 3.8) is 0 Å². The van der Waals surface area contributed by atoms with E-state index in [1.54, 1.807) is 0 Å². The van der Waals surface area contributed by atoms with Gasteiger partial charge in [-0.25, -0.2) is 0 Å². The van der Waals surface area contributed by atoms with Crippen molar-refractivity contribution >= 4 is 0 Å². The van der Waals surface area contributed by atoms with Crippen molar-refractivity contribution in [3.05, 3.63) is 0 Å². The highest BCUT2D eigenvalue weighted by Crippen LogP contribution is 2.42. The van der Waals surface area contributed by atoms with Crippen LogP contribution in [0.5, 0.6) is 0 Å². The summed E-state index contributed by atoms with van der Waals surface area (Å²) < 4.78 is 11.6. The van der Waals surface area contributed by atoms with Crippen molar-refractivity contribution in [1.82, 2.24) is 0 Å². The molecule has 0 atom stereocenters. The fourth-order valence-corrected chi connectivity index (χ4v) is 2.52. The maximum Gasteiger partial charge on any atom is 0.163 e. The standard InChI is InChI=1S/C11H20O3/c1-10(2)13-8-11(14-10)5-3-9(7-12)4-6-11/h9,12H,3-8H2,1-2H3/t9-,11+. The SMILES string of the molecule is CC1(C)OC[C@]2(CC[C@H](CO)CC2)O1. The Bertz CT molecular complexity index is 205. The number of aliphatic hydroxyl groups excluding tert-OH is 1. The van der Waals surface area contributed by atoms with Crippen LogP contribution in [-0.4, -0.2) is 29.7 Å². The van der Waals surface area contributed by atoms with E-state index in [1.165, 1.54) is 0 Å². The van der Waals surface area contributed by atoms with Crippen molar-refractivity contribution in [2.24, 2.45) is 5.92 Å². The van der Waals surface area contributed by atoms with Gasteiger partial charge in [0.1, 0.15) is 0 Å². The summed E-state index contributed by atoms with van der Waals surface area (Å²) in [4.78, 5) is 0. The van der Waals surface area contributed by atoms with Gasteiger partial charge in [-0.05, 0) is 45.4 Å². The van der Waals surface area contributed by atoms with Gasteiger partial charge in [-0.2, -0.15) is 0 Å². The quantitative estimate of drug-likeness (QED) is 0.700. The first kappa shape index (κ1) is 10.4. The fourth-order valence-electron chi connectivity index (χ4n) is 2.52. The van der Waals surface area contributed by atoms with Crippen LogP contribution in [-0.2, 0) is 9.47 Å². The molecule has 3 heteroatoms. The van der Waals surface area contributed by atoms with Gasteiger partial charge in [-0.1, -0.05) is 0 Å². The Morgan fingerprint density at radius 3 is 2.36 bits per heavy atom. The molecule has 14 heavy (non-hydrogen) atoms. The Labute approximate surface area is 85.4 Å². The minimum absolute atomic E-state index is 0.0465. The zero-order valence-electron chi connectivity index (χ0n) is 9.08. The molecule has 0 aromatic carbocycles. The van der Waals surface area contributed by atoms with Crippen LogP contribution in [0.1, 0.15) is 39.5 Å². The zero-order chi connectivity index (χ0) is 10.2. The van der Waals surface area contributed by atoms with E-state index in [-0.39, 0.29) is 5.60 Å². The van der Waals surface area contributed by atoms with E-state index in [1.807, 2.05) is 13.8 Å². The summed E-state index contributed by atoms with van der Waals surface area (Å²) in [6.45, 7) is 4.98. The molecule has 2 aliphatic rings. The lowest BCUT2D eigenvalue weighted by Crippen LogP contribution is -2.38. The molecule has 1 spiro atoms. The van der Waals surface area contributed by atoms with Crippen LogP contribution in [0.2, 0.25) is 0 Å². The highest BCUT2D eigenvalue weighted by molar-refractivity contribution is 4.92. The molecule has 1 heterocycles. The van der Waals surface area contributed by atoms with Gasteiger partial charge in [0.25, 0.3) is 0 Å². The molecule has 0 radical (unpaired) electrons. The molecule has 0 aromatic heterocycles. The third-order valence-electron chi connectivity index (χ3n) is 3.42. The van der Waals surface area contributed by atoms with Gasteiger partial charge in [-0.3, -0.25) is 0 Å². The van der Waals surface area contributed by atoms with E-state index < -0.39 is 5.79 Å². The van der Waals surface area contributed by atoms with Gasteiger partial charge in [-0.15, -0.1) is 0 Å². The lowest BCUT2D eigenvalue weighted by atomic mass is 9.79. The van der Waals surface area contributed by atoms with Crippen molar-refractivity contribution in [2.45, 2.75) is 50.9 Å². The van der Waals surface area contributed by atoms with E-state index in [9.17, 15) is 0 Å². The molecule has 1 aliphatic heterocycles. The molecule has 0 bridgehead atoms. The molecule has 0 amide bonds. The lowest BCUT2D eigenvalue weighted by molar-refractivity contribution is -0.169. The summed E-state index contributed by atoms with van der Waals surface area (Å²) in [6.07, 6.45) is 4.19. The number of aliphatic hydroxyl groups is 1. The highest BCUT2D eigenvalue weighted by Gasteiger charge is 2.46. The molecule has 0 unspecified atom stereocenters. The van der Waals surface area contributed by atoms with Crippen LogP contribution in [0, 0.1) is 5.92 Å². The molecule has 2 fully saturated rings. The number of hydrogen-bond acceptors (Lipinski definition) is 3. The summed E-state index contributed by atoms with van der Waals surface area (Å²) in [6, 6.07) is 0. The molecule has 2 rings (SSSR count). The summed E-state index contributed by atoms with van der Waals surface area (Å²) in [5.41, 5.74) is -0.0465. The first-order valence-electron chi connectivity index (χ1n) is 5.50. The second-order valence-electron chi connectivity index (χ2n) is 5.10. The Balaban J connectivity index is 1.94. The highest BCUT2D eigenvalue weighted by atomic mass is 16.8. The minimum atomic E-state index is -0.411. The number of hydrogen-bond donors (Lipinski definition) is 1. The minimum Gasteiger partial charge on any atom is -0.396 e. The number of ether oxygens (including phenoxy) is 2. The second-order valence-corrected chi connectivity index (χ2v) is 5.10. The predicted molar refractivity (Wildman–Crippen MR) is 52.9 cm³/mol. The van der Waals surface area contributed by atoms with Crippen LogP contribution in [0.25, 0.3) is 0 Å². The van der Waals surface area contributed by atoms with Crippen molar-refractivity contribution < 1.29 is 14.6 Å². The smallest absolute Gasteiger partial charge is 0.163 e. The van der Waals surface area contributed by atoms with Gasteiger partial charge >= 0.3 is 0 Å². The van der Waals surface area contributed by atoms with Gasteiger partial charge in [0.2, 0.25) is 0 Å². The van der Waals surface area contributed by atoms with E-state index in [4.69, 9.17) is 14.6 Å². The normalized spacial score (nSPS) is 41.8. The molecule has 0 aromatic rings.